The maximum atomic E-state index is 11.8. The number of hydrogen-bond acceptors (Lipinski definition) is 4. The van der Waals surface area contributed by atoms with Crippen LogP contribution >= 0.6 is 0 Å². The highest BCUT2D eigenvalue weighted by atomic mass is 16.5. The normalized spacial score (nSPS) is 10.3. The fourth-order valence-electron chi connectivity index (χ4n) is 2.26. The van der Waals surface area contributed by atoms with Gasteiger partial charge in [-0.15, -0.1) is 0 Å². The zero-order valence-corrected chi connectivity index (χ0v) is 14.1. The minimum absolute atomic E-state index is 0.358. The third-order valence-electron chi connectivity index (χ3n) is 3.30. The molecule has 0 saturated heterocycles. The number of amides is 1. The lowest BCUT2D eigenvalue weighted by Gasteiger charge is -2.07. The Labute approximate surface area is 146 Å². The number of hydrogen-bond donors (Lipinski definition) is 1. The summed E-state index contributed by atoms with van der Waals surface area (Å²) in [5.74, 6) is -1.01. The van der Waals surface area contributed by atoms with E-state index in [1.807, 2.05) is 38.1 Å². The lowest BCUT2D eigenvalue weighted by Crippen LogP contribution is -2.20. The van der Waals surface area contributed by atoms with Gasteiger partial charge in [0.2, 0.25) is 0 Å². The van der Waals surface area contributed by atoms with Crippen molar-refractivity contribution in [3.05, 3.63) is 70.8 Å². The van der Waals surface area contributed by atoms with Crippen molar-refractivity contribution in [2.24, 2.45) is 0 Å². The molecule has 25 heavy (non-hydrogen) atoms. The average molecular weight is 334 g/mol. The standard InChI is InChI=1S/C20H18N2O3/c1-14-9-15(2)11-18(10-14)22-19(23)13-25-20(24)8-7-16-3-5-17(12-21)6-4-16/h3-11H,13H2,1-2H3,(H,22,23)/b8-7+. The van der Waals surface area contributed by atoms with Crippen molar-refractivity contribution in [1.29, 1.82) is 5.26 Å². The summed E-state index contributed by atoms with van der Waals surface area (Å²) < 4.78 is 4.91. The van der Waals surface area contributed by atoms with E-state index in [1.165, 1.54) is 6.08 Å². The smallest absolute Gasteiger partial charge is 0.331 e. The summed E-state index contributed by atoms with van der Waals surface area (Å²) in [5, 5.41) is 11.4. The molecule has 0 heterocycles. The molecule has 0 bridgehead atoms. The molecule has 0 aliphatic rings. The van der Waals surface area contributed by atoms with Gasteiger partial charge in [0.25, 0.3) is 5.91 Å². The summed E-state index contributed by atoms with van der Waals surface area (Å²) in [7, 11) is 0. The van der Waals surface area contributed by atoms with Crippen molar-refractivity contribution in [3.8, 4) is 6.07 Å². The molecular formula is C20H18N2O3. The maximum Gasteiger partial charge on any atom is 0.331 e. The number of aryl methyl sites for hydroxylation is 2. The van der Waals surface area contributed by atoms with Crippen LogP contribution in [-0.2, 0) is 14.3 Å². The van der Waals surface area contributed by atoms with E-state index < -0.39 is 11.9 Å². The van der Waals surface area contributed by atoms with E-state index in [2.05, 4.69) is 5.32 Å². The van der Waals surface area contributed by atoms with Crippen LogP contribution in [0.2, 0.25) is 0 Å². The summed E-state index contributed by atoms with van der Waals surface area (Å²) >= 11 is 0. The van der Waals surface area contributed by atoms with E-state index in [1.54, 1.807) is 30.3 Å². The second-order valence-electron chi connectivity index (χ2n) is 5.60. The van der Waals surface area contributed by atoms with Crippen LogP contribution in [0.4, 0.5) is 5.69 Å². The van der Waals surface area contributed by atoms with E-state index in [4.69, 9.17) is 10.00 Å². The number of benzene rings is 2. The van der Waals surface area contributed by atoms with Gasteiger partial charge >= 0.3 is 5.97 Å². The van der Waals surface area contributed by atoms with Crippen molar-refractivity contribution in [1.82, 2.24) is 0 Å². The predicted octanol–water partition coefficient (Wildman–Crippen LogP) is 3.37. The highest BCUT2D eigenvalue weighted by Gasteiger charge is 2.06. The number of esters is 1. The van der Waals surface area contributed by atoms with E-state index in [0.717, 1.165) is 16.7 Å². The van der Waals surface area contributed by atoms with Crippen molar-refractivity contribution in [2.45, 2.75) is 13.8 Å². The van der Waals surface area contributed by atoms with Crippen molar-refractivity contribution in [2.75, 3.05) is 11.9 Å². The Kier molecular flexibility index (Phi) is 6.08. The Balaban J connectivity index is 1.83. The quantitative estimate of drug-likeness (QED) is 0.671. The number of carbonyl (C=O) groups is 2. The zero-order chi connectivity index (χ0) is 18.2. The average Bonchev–Trinajstić information content (AvgIpc) is 2.57. The molecule has 5 heteroatoms. The van der Waals surface area contributed by atoms with E-state index in [-0.39, 0.29) is 6.61 Å². The summed E-state index contributed by atoms with van der Waals surface area (Å²) in [6, 6.07) is 14.5. The highest BCUT2D eigenvalue weighted by molar-refractivity contribution is 5.94. The van der Waals surface area contributed by atoms with Gasteiger partial charge in [-0.05, 0) is 60.9 Å². The molecule has 0 aliphatic heterocycles. The Hall–Kier alpha value is -3.39. The third-order valence-corrected chi connectivity index (χ3v) is 3.30. The largest absolute Gasteiger partial charge is 0.452 e. The molecule has 0 radical (unpaired) electrons. The van der Waals surface area contributed by atoms with Crippen LogP contribution in [0.25, 0.3) is 6.08 Å². The first-order chi connectivity index (χ1) is 12.0. The summed E-state index contributed by atoms with van der Waals surface area (Å²) in [6.07, 6.45) is 2.80. The van der Waals surface area contributed by atoms with Crippen molar-refractivity contribution < 1.29 is 14.3 Å². The Morgan fingerprint density at radius 2 is 1.76 bits per heavy atom. The first-order valence-corrected chi connectivity index (χ1v) is 7.69. The van der Waals surface area contributed by atoms with Crippen LogP contribution in [-0.4, -0.2) is 18.5 Å². The summed E-state index contributed by atoms with van der Waals surface area (Å²) in [5.41, 5.74) is 4.06. The van der Waals surface area contributed by atoms with Gasteiger partial charge in [0, 0.05) is 11.8 Å². The van der Waals surface area contributed by atoms with Gasteiger partial charge < -0.3 is 10.1 Å². The molecule has 1 amide bonds. The number of rotatable bonds is 5. The van der Waals surface area contributed by atoms with E-state index in [9.17, 15) is 9.59 Å². The number of ether oxygens (including phenoxy) is 1. The molecule has 0 unspecified atom stereocenters. The molecule has 0 fully saturated rings. The topological polar surface area (TPSA) is 79.2 Å². The maximum absolute atomic E-state index is 11.8. The molecule has 2 aromatic carbocycles. The zero-order valence-electron chi connectivity index (χ0n) is 14.1. The van der Waals surface area contributed by atoms with Crippen LogP contribution in [0.1, 0.15) is 22.3 Å². The van der Waals surface area contributed by atoms with Gasteiger partial charge in [-0.1, -0.05) is 18.2 Å². The molecule has 0 spiro atoms. The van der Waals surface area contributed by atoms with E-state index in [0.29, 0.717) is 11.3 Å². The van der Waals surface area contributed by atoms with Gasteiger partial charge in [-0.3, -0.25) is 4.79 Å². The van der Waals surface area contributed by atoms with Gasteiger partial charge in [0.05, 0.1) is 11.6 Å². The predicted molar refractivity (Wildman–Crippen MR) is 95.7 cm³/mol. The molecule has 5 nitrogen and oxygen atoms in total. The van der Waals surface area contributed by atoms with Gasteiger partial charge in [-0.2, -0.15) is 5.26 Å². The fraction of sp³-hybridized carbons (Fsp3) is 0.150. The minimum Gasteiger partial charge on any atom is -0.452 e. The Morgan fingerprint density at radius 1 is 1.12 bits per heavy atom. The monoisotopic (exact) mass is 334 g/mol. The second-order valence-corrected chi connectivity index (χ2v) is 5.60. The first-order valence-electron chi connectivity index (χ1n) is 7.69. The Morgan fingerprint density at radius 3 is 2.36 bits per heavy atom. The van der Waals surface area contributed by atoms with Crippen molar-refractivity contribution in [3.63, 3.8) is 0 Å². The molecule has 126 valence electrons. The first kappa shape index (κ1) is 18.0. The molecule has 1 N–H and O–H groups in total. The van der Waals surface area contributed by atoms with Crippen LogP contribution in [0.3, 0.4) is 0 Å². The van der Waals surface area contributed by atoms with Crippen LogP contribution in [0, 0.1) is 25.2 Å². The van der Waals surface area contributed by atoms with Crippen molar-refractivity contribution >= 4 is 23.6 Å². The molecule has 2 aromatic rings. The van der Waals surface area contributed by atoms with Gasteiger partial charge in [0.15, 0.2) is 6.61 Å². The van der Waals surface area contributed by atoms with Crippen LogP contribution < -0.4 is 5.32 Å². The number of anilines is 1. The van der Waals surface area contributed by atoms with Crippen LogP contribution in [0.15, 0.2) is 48.5 Å². The van der Waals surface area contributed by atoms with E-state index >= 15 is 0 Å². The highest BCUT2D eigenvalue weighted by Crippen LogP contribution is 2.13. The molecular weight excluding hydrogens is 316 g/mol. The molecule has 2 rings (SSSR count). The number of carbonyl (C=O) groups excluding carboxylic acids is 2. The SMILES string of the molecule is Cc1cc(C)cc(NC(=O)COC(=O)/C=C/c2ccc(C#N)cc2)c1. The summed E-state index contributed by atoms with van der Waals surface area (Å²) in [6.45, 7) is 3.52. The molecule has 0 aromatic heterocycles. The molecule has 0 aliphatic carbocycles. The van der Waals surface area contributed by atoms with Crippen LogP contribution in [0.5, 0.6) is 0 Å². The van der Waals surface area contributed by atoms with Gasteiger partial charge in [0.1, 0.15) is 0 Å². The summed E-state index contributed by atoms with van der Waals surface area (Å²) in [4.78, 5) is 23.5. The minimum atomic E-state index is -0.611. The molecule has 0 saturated carbocycles. The number of nitrogens with one attached hydrogen (secondary N) is 1. The fourth-order valence-corrected chi connectivity index (χ4v) is 2.26. The Bertz CT molecular complexity index is 826. The number of nitrogens with zero attached hydrogens (tertiary/aromatic N) is 1. The number of nitriles is 1. The third kappa shape index (κ3) is 5.96. The second kappa shape index (κ2) is 8.46. The molecule has 0 atom stereocenters. The lowest BCUT2D eigenvalue weighted by atomic mass is 10.1. The van der Waals surface area contributed by atoms with Gasteiger partial charge in [-0.25, -0.2) is 4.79 Å². The lowest BCUT2D eigenvalue weighted by molar-refractivity contribution is -0.142.